The number of carbonyl (C=O) groups is 1. The SMILES string of the molecule is COCCN1CCc2ncc(CNC(=O)CC3CC3)n2CC1. The fourth-order valence-electron chi connectivity index (χ4n) is 2.97. The average molecular weight is 306 g/mol. The Hall–Kier alpha value is -1.40. The van der Waals surface area contributed by atoms with Crippen LogP contribution in [-0.4, -0.2) is 53.7 Å². The molecule has 3 rings (SSSR count). The van der Waals surface area contributed by atoms with Gasteiger partial charge in [0, 0.05) is 46.1 Å². The topological polar surface area (TPSA) is 59.4 Å². The highest BCUT2D eigenvalue weighted by Gasteiger charge is 2.24. The quantitative estimate of drug-likeness (QED) is 0.810. The van der Waals surface area contributed by atoms with Crippen LogP contribution in [0.5, 0.6) is 0 Å². The number of amides is 1. The van der Waals surface area contributed by atoms with Crippen molar-refractivity contribution in [3.8, 4) is 0 Å². The largest absolute Gasteiger partial charge is 0.383 e. The number of imidazole rings is 1. The maximum absolute atomic E-state index is 11.8. The number of carbonyl (C=O) groups excluding carboxylic acids is 1. The van der Waals surface area contributed by atoms with E-state index in [4.69, 9.17) is 4.74 Å². The van der Waals surface area contributed by atoms with E-state index in [1.165, 1.54) is 12.8 Å². The Bertz CT molecular complexity index is 510. The molecule has 1 N–H and O–H groups in total. The highest BCUT2D eigenvalue weighted by atomic mass is 16.5. The summed E-state index contributed by atoms with van der Waals surface area (Å²) >= 11 is 0. The molecule has 1 aromatic rings. The molecule has 0 spiro atoms. The van der Waals surface area contributed by atoms with Gasteiger partial charge in [-0.3, -0.25) is 9.69 Å². The van der Waals surface area contributed by atoms with Crippen molar-refractivity contribution in [3.63, 3.8) is 0 Å². The van der Waals surface area contributed by atoms with Crippen LogP contribution in [0.2, 0.25) is 0 Å². The van der Waals surface area contributed by atoms with Crippen molar-refractivity contribution in [3.05, 3.63) is 17.7 Å². The van der Waals surface area contributed by atoms with Gasteiger partial charge in [-0.05, 0) is 18.8 Å². The van der Waals surface area contributed by atoms with Crippen molar-refractivity contribution in [2.45, 2.75) is 38.8 Å². The van der Waals surface area contributed by atoms with E-state index in [0.717, 1.165) is 50.7 Å². The van der Waals surface area contributed by atoms with Gasteiger partial charge in [0.25, 0.3) is 0 Å². The van der Waals surface area contributed by atoms with Crippen molar-refractivity contribution >= 4 is 5.91 Å². The molecule has 22 heavy (non-hydrogen) atoms. The Kier molecular flexibility index (Phi) is 5.10. The van der Waals surface area contributed by atoms with Crippen LogP contribution in [-0.2, 0) is 29.0 Å². The Balaban J connectivity index is 1.52. The zero-order valence-corrected chi connectivity index (χ0v) is 13.4. The lowest BCUT2D eigenvalue weighted by Crippen LogP contribution is -2.30. The summed E-state index contributed by atoms with van der Waals surface area (Å²) < 4.78 is 7.43. The van der Waals surface area contributed by atoms with Gasteiger partial charge in [-0.15, -0.1) is 0 Å². The third kappa shape index (κ3) is 4.08. The summed E-state index contributed by atoms with van der Waals surface area (Å²) in [5.74, 6) is 1.94. The summed E-state index contributed by atoms with van der Waals surface area (Å²) in [6.45, 7) is 5.30. The van der Waals surface area contributed by atoms with Crippen molar-refractivity contribution in [2.24, 2.45) is 5.92 Å². The Morgan fingerprint density at radius 3 is 3.05 bits per heavy atom. The minimum Gasteiger partial charge on any atom is -0.383 e. The van der Waals surface area contributed by atoms with E-state index in [9.17, 15) is 4.79 Å². The third-order valence-electron chi connectivity index (χ3n) is 4.56. The molecule has 0 aromatic carbocycles. The smallest absolute Gasteiger partial charge is 0.220 e. The zero-order valence-electron chi connectivity index (χ0n) is 13.4. The first-order valence-corrected chi connectivity index (χ1v) is 8.27. The number of aromatic nitrogens is 2. The molecule has 1 aliphatic heterocycles. The predicted molar refractivity (Wildman–Crippen MR) is 83.4 cm³/mol. The molecule has 122 valence electrons. The van der Waals surface area contributed by atoms with E-state index in [1.54, 1.807) is 7.11 Å². The fourth-order valence-corrected chi connectivity index (χ4v) is 2.97. The molecule has 0 atom stereocenters. The summed E-state index contributed by atoms with van der Waals surface area (Å²) in [7, 11) is 1.74. The molecule has 0 unspecified atom stereocenters. The van der Waals surface area contributed by atoms with Crippen LogP contribution < -0.4 is 5.32 Å². The molecular formula is C16H26N4O2. The number of nitrogens with one attached hydrogen (secondary N) is 1. The predicted octanol–water partition coefficient (Wildman–Crippen LogP) is 0.804. The summed E-state index contributed by atoms with van der Waals surface area (Å²) in [4.78, 5) is 18.8. The molecule has 2 heterocycles. The van der Waals surface area contributed by atoms with Crippen LogP contribution in [0.25, 0.3) is 0 Å². The summed E-state index contributed by atoms with van der Waals surface area (Å²) in [6, 6.07) is 0. The Morgan fingerprint density at radius 1 is 1.41 bits per heavy atom. The number of fused-ring (bicyclic) bond motifs is 1. The van der Waals surface area contributed by atoms with Gasteiger partial charge >= 0.3 is 0 Å². The summed E-state index contributed by atoms with van der Waals surface area (Å²) in [5, 5.41) is 3.04. The second-order valence-electron chi connectivity index (χ2n) is 6.33. The third-order valence-corrected chi connectivity index (χ3v) is 4.56. The van der Waals surface area contributed by atoms with E-state index >= 15 is 0 Å². The van der Waals surface area contributed by atoms with Crippen LogP contribution in [0.15, 0.2) is 6.20 Å². The molecule has 2 aliphatic rings. The second-order valence-corrected chi connectivity index (χ2v) is 6.33. The van der Waals surface area contributed by atoms with Gasteiger partial charge in [0.15, 0.2) is 0 Å². The first-order valence-electron chi connectivity index (χ1n) is 8.27. The molecule has 1 amide bonds. The fraction of sp³-hybridized carbons (Fsp3) is 0.750. The minimum atomic E-state index is 0.174. The van der Waals surface area contributed by atoms with E-state index < -0.39 is 0 Å². The van der Waals surface area contributed by atoms with Gasteiger partial charge in [-0.25, -0.2) is 4.98 Å². The normalized spacial score (nSPS) is 18.8. The molecule has 1 aromatic heterocycles. The lowest BCUT2D eigenvalue weighted by atomic mass is 10.3. The summed E-state index contributed by atoms with van der Waals surface area (Å²) in [5.41, 5.74) is 1.12. The number of nitrogens with zero attached hydrogens (tertiary/aromatic N) is 3. The Morgan fingerprint density at radius 2 is 2.27 bits per heavy atom. The summed E-state index contributed by atoms with van der Waals surface area (Å²) in [6.07, 6.45) is 5.99. The molecule has 0 bridgehead atoms. The average Bonchev–Trinajstić information content (AvgIpc) is 3.28. The van der Waals surface area contributed by atoms with Crippen LogP contribution in [0.3, 0.4) is 0 Å². The van der Waals surface area contributed by atoms with Crippen LogP contribution in [0, 0.1) is 5.92 Å². The van der Waals surface area contributed by atoms with E-state index in [2.05, 4.69) is 19.8 Å². The number of hydrogen-bond donors (Lipinski definition) is 1. The minimum absolute atomic E-state index is 0.174. The highest BCUT2D eigenvalue weighted by molar-refractivity contribution is 5.76. The second kappa shape index (κ2) is 7.24. The van der Waals surface area contributed by atoms with Crippen molar-refractivity contribution < 1.29 is 9.53 Å². The molecule has 1 aliphatic carbocycles. The van der Waals surface area contributed by atoms with Crippen LogP contribution in [0.1, 0.15) is 30.8 Å². The van der Waals surface area contributed by atoms with Gasteiger partial charge < -0.3 is 14.6 Å². The van der Waals surface area contributed by atoms with Crippen LogP contribution in [0.4, 0.5) is 0 Å². The molecule has 1 saturated carbocycles. The number of methoxy groups -OCH3 is 1. The highest BCUT2D eigenvalue weighted by Crippen LogP contribution is 2.32. The monoisotopic (exact) mass is 306 g/mol. The van der Waals surface area contributed by atoms with Crippen molar-refractivity contribution in [2.75, 3.05) is 33.4 Å². The van der Waals surface area contributed by atoms with Crippen LogP contribution >= 0.6 is 0 Å². The van der Waals surface area contributed by atoms with Crippen molar-refractivity contribution in [1.29, 1.82) is 0 Å². The van der Waals surface area contributed by atoms with Gasteiger partial charge in [-0.1, -0.05) is 0 Å². The molecular weight excluding hydrogens is 280 g/mol. The maximum Gasteiger partial charge on any atom is 0.220 e. The lowest BCUT2D eigenvalue weighted by molar-refractivity contribution is -0.121. The van der Waals surface area contributed by atoms with Gasteiger partial charge in [0.1, 0.15) is 5.82 Å². The van der Waals surface area contributed by atoms with E-state index in [1.807, 2.05) is 6.20 Å². The van der Waals surface area contributed by atoms with Gasteiger partial charge in [-0.2, -0.15) is 0 Å². The standard InChI is InChI=1S/C16H26N4O2/c1-22-9-8-19-5-4-15-17-11-14(20(15)7-6-19)12-18-16(21)10-13-2-3-13/h11,13H,2-10,12H2,1H3,(H,18,21). The zero-order chi connectivity index (χ0) is 15.4. The first-order chi connectivity index (χ1) is 10.8. The molecule has 1 fully saturated rings. The first kappa shape index (κ1) is 15.5. The van der Waals surface area contributed by atoms with E-state index in [0.29, 0.717) is 18.9 Å². The molecule has 0 saturated heterocycles. The Labute approximate surface area is 131 Å². The number of rotatable bonds is 7. The van der Waals surface area contributed by atoms with Gasteiger partial charge in [0.05, 0.1) is 25.0 Å². The number of hydrogen-bond acceptors (Lipinski definition) is 4. The van der Waals surface area contributed by atoms with Crippen molar-refractivity contribution in [1.82, 2.24) is 19.8 Å². The molecule has 0 radical (unpaired) electrons. The molecule has 6 nitrogen and oxygen atoms in total. The van der Waals surface area contributed by atoms with E-state index in [-0.39, 0.29) is 5.91 Å². The number of ether oxygens (including phenoxy) is 1. The maximum atomic E-state index is 11.8. The lowest BCUT2D eigenvalue weighted by Gasteiger charge is -2.18. The van der Waals surface area contributed by atoms with Gasteiger partial charge in [0.2, 0.25) is 5.91 Å². The molecule has 6 heteroatoms.